The largest absolute Gasteiger partial charge is 0.508 e. The molecular weight excluding hydrogens is 294 g/mol. The number of esters is 1. The van der Waals surface area contributed by atoms with Gasteiger partial charge in [-0.3, -0.25) is 0 Å². The van der Waals surface area contributed by atoms with Gasteiger partial charge in [-0.1, -0.05) is 0 Å². The van der Waals surface area contributed by atoms with E-state index in [1.165, 1.54) is 0 Å². The third kappa shape index (κ3) is 9.84. The number of nitrogens with one attached hydrogen (secondary N) is 1. The average Bonchev–Trinajstić information content (AvgIpc) is 2.28. The zero-order valence-corrected chi connectivity index (χ0v) is 14.1. The van der Waals surface area contributed by atoms with Crippen molar-refractivity contribution in [2.24, 2.45) is 0 Å². The van der Waals surface area contributed by atoms with Crippen molar-refractivity contribution in [2.75, 3.05) is 13.7 Å². The Labute approximate surface area is 130 Å². The topological polar surface area (TPSA) is 100 Å². The van der Waals surface area contributed by atoms with Gasteiger partial charge in [0, 0.05) is 0 Å². The second-order valence-corrected chi connectivity index (χ2v) is 6.50. The molecule has 0 saturated heterocycles. The zero-order chi connectivity index (χ0) is 17.6. The average molecular weight is 319 g/mol. The lowest BCUT2D eigenvalue weighted by Gasteiger charge is -2.23. The second kappa shape index (κ2) is 7.86. The first-order valence-electron chi connectivity index (χ1n) is 6.77. The molecule has 0 aliphatic rings. The van der Waals surface area contributed by atoms with Gasteiger partial charge in [-0.05, 0) is 41.5 Å². The van der Waals surface area contributed by atoms with Crippen molar-refractivity contribution >= 4 is 18.2 Å². The minimum absolute atomic E-state index is 0.430. The smallest absolute Gasteiger partial charge is 0.467 e. The van der Waals surface area contributed by atoms with Crippen molar-refractivity contribution in [1.82, 2.24) is 5.32 Å². The fourth-order valence-corrected chi connectivity index (χ4v) is 1.19. The van der Waals surface area contributed by atoms with E-state index in [0.717, 1.165) is 7.11 Å². The highest BCUT2D eigenvalue weighted by Crippen LogP contribution is 2.09. The summed E-state index contributed by atoms with van der Waals surface area (Å²) in [6.45, 7) is 9.62. The van der Waals surface area contributed by atoms with Crippen LogP contribution in [0.25, 0.3) is 0 Å². The van der Waals surface area contributed by atoms with Crippen molar-refractivity contribution in [3.8, 4) is 0 Å². The molecule has 0 aromatic rings. The van der Waals surface area contributed by atoms with E-state index in [1.54, 1.807) is 41.5 Å². The summed E-state index contributed by atoms with van der Waals surface area (Å²) in [4.78, 5) is 34.7. The molecule has 128 valence electrons. The maximum atomic E-state index is 11.7. The lowest BCUT2D eigenvalue weighted by molar-refractivity contribution is -0.144. The first-order valence-corrected chi connectivity index (χ1v) is 6.77. The number of rotatable bonds is 4. The molecule has 8 heteroatoms. The molecule has 0 rings (SSSR count). The Bertz CT molecular complexity index is 406. The number of hydrogen-bond acceptors (Lipinski definition) is 7. The molecule has 0 radical (unpaired) electrons. The van der Waals surface area contributed by atoms with E-state index in [0.29, 0.717) is 0 Å². The van der Waals surface area contributed by atoms with Crippen LogP contribution in [-0.2, 0) is 23.7 Å². The minimum atomic E-state index is -1.19. The molecule has 1 atom stereocenters. The highest BCUT2D eigenvalue weighted by molar-refractivity contribution is 5.81. The molecule has 0 aromatic heterocycles. The van der Waals surface area contributed by atoms with Gasteiger partial charge < -0.3 is 24.3 Å². The van der Waals surface area contributed by atoms with Crippen molar-refractivity contribution in [3.63, 3.8) is 0 Å². The van der Waals surface area contributed by atoms with Gasteiger partial charge >= 0.3 is 18.2 Å². The molecule has 8 nitrogen and oxygen atoms in total. The summed E-state index contributed by atoms with van der Waals surface area (Å²) in [7, 11) is 1.15. The van der Waals surface area contributed by atoms with Crippen LogP contribution >= 0.6 is 0 Å². The third-order valence-corrected chi connectivity index (χ3v) is 1.93. The Morgan fingerprint density at radius 2 is 1.45 bits per heavy atom. The number of carbonyl (C=O) groups is 3. The zero-order valence-electron chi connectivity index (χ0n) is 14.1. The van der Waals surface area contributed by atoms with Gasteiger partial charge in [0.15, 0.2) is 6.04 Å². The number of amides is 1. The van der Waals surface area contributed by atoms with E-state index in [2.05, 4.69) is 10.1 Å². The molecule has 22 heavy (non-hydrogen) atoms. The van der Waals surface area contributed by atoms with Gasteiger partial charge in [0.1, 0.15) is 17.8 Å². The van der Waals surface area contributed by atoms with Crippen LogP contribution in [0, 0.1) is 0 Å². The van der Waals surface area contributed by atoms with Gasteiger partial charge in [-0.2, -0.15) is 0 Å². The van der Waals surface area contributed by atoms with Gasteiger partial charge in [0.2, 0.25) is 0 Å². The normalized spacial score (nSPS) is 12.9. The summed E-state index contributed by atoms with van der Waals surface area (Å²) in [6.07, 6.45) is -1.77. The lowest BCUT2D eigenvalue weighted by atomic mass is 10.2. The Balaban J connectivity index is 4.57. The second-order valence-electron chi connectivity index (χ2n) is 6.50. The Kier molecular flexibility index (Phi) is 7.15. The van der Waals surface area contributed by atoms with Gasteiger partial charge in [0.05, 0.1) is 7.11 Å². The quantitative estimate of drug-likeness (QED) is 0.625. The van der Waals surface area contributed by atoms with E-state index < -0.39 is 42.1 Å². The number of ether oxygens (including phenoxy) is 4. The molecule has 1 N–H and O–H groups in total. The molecule has 0 aliphatic heterocycles. The number of carbonyl (C=O) groups excluding carboxylic acids is 3. The van der Waals surface area contributed by atoms with Crippen molar-refractivity contribution in [1.29, 1.82) is 0 Å². The van der Waals surface area contributed by atoms with E-state index >= 15 is 0 Å². The van der Waals surface area contributed by atoms with Crippen molar-refractivity contribution in [2.45, 2.75) is 58.8 Å². The van der Waals surface area contributed by atoms with Crippen molar-refractivity contribution < 1.29 is 33.3 Å². The van der Waals surface area contributed by atoms with Gasteiger partial charge in [0.25, 0.3) is 0 Å². The highest BCUT2D eigenvalue weighted by atomic mass is 16.7. The minimum Gasteiger partial charge on any atom is -0.467 e. The maximum absolute atomic E-state index is 11.7. The van der Waals surface area contributed by atoms with Crippen LogP contribution in [0.5, 0.6) is 0 Å². The molecule has 0 aromatic carbocycles. The molecule has 0 saturated carbocycles. The summed E-state index contributed by atoms with van der Waals surface area (Å²) in [5.74, 6) is -0.769. The molecule has 0 aliphatic carbocycles. The Hall–Kier alpha value is -1.99. The van der Waals surface area contributed by atoms with Gasteiger partial charge in [-0.15, -0.1) is 0 Å². The Morgan fingerprint density at radius 1 is 0.955 bits per heavy atom. The molecule has 1 unspecified atom stereocenters. The molecule has 0 fully saturated rings. The van der Waals surface area contributed by atoms with Crippen LogP contribution in [0.15, 0.2) is 0 Å². The first kappa shape index (κ1) is 20.0. The fourth-order valence-electron chi connectivity index (χ4n) is 1.19. The summed E-state index contributed by atoms with van der Waals surface area (Å²) in [6, 6.07) is -1.19. The van der Waals surface area contributed by atoms with Crippen LogP contribution in [0.2, 0.25) is 0 Å². The molecule has 0 bridgehead atoms. The number of hydrogen-bond donors (Lipinski definition) is 1. The van der Waals surface area contributed by atoms with E-state index in [-0.39, 0.29) is 0 Å². The van der Waals surface area contributed by atoms with Crippen LogP contribution in [0.1, 0.15) is 41.5 Å². The summed E-state index contributed by atoms with van der Waals surface area (Å²) >= 11 is 0. The third-order valence-electron chi connectivity index (χ3n) is 1.93. The first-order chi connectivity index (χ1) is 9.84. The molecule has 1 amide bonds. The molecule has 0 spiro atoms. The Morgan fingerprint density at radius 3 is 1.86 bits per heavy atom. The lowest BCUT2D eigenvalue weighted by Crippen LogP contribution is -2.47. The van der Waals surface area contributed by atoms with Crippen molar-refractivity contribution in [3.05, 3.63) is 0 Å². The predicted molar refractivity (Wildman–Crippen MR) is 77.4 cm³/mol. The van der Waals surface area contributed by atoms with Gasteiger partial charge in [-0.25, -0.2) is 14.4 Å². The SMILES string of the molecule is COC(=O)C(COC(=O)OC(C)(C)C)NC(=O)OC(C)(C)C. The van der Waals surface area contributed by atoms with Crippen LogP contribution < -0.4 is 5.32 Å². The molecular formula is C14H25NO7. The van der Waals surface area contributed by atoms with Crippen LogP contribution in [-0.4, -0.2) is 49.2 Å². The van der Waals surface area contributed by atoms with E-state index in [1.807, 2.05) is 0 Å². The summed E-state index contributed by atoms with van der Waals surface area (Å²) in [5, 5.41) is 2.27. The van der Waals surface area contributed by atoms with E-state index in [9.17, 15) is 14.4 Å². The monoisotopic (exact) mass is 319 g/mol. The van der Waals surface area contributed by atoms with Crippen LogP contribution in [0.3, 0.4) is 0 Å². The molecule has 0 heterocycles. The number of alkyl carbamates (subject to hydrolysis) is 1. The summed E-state index contributed by atoms with van der Waals surface area (Å²) < 4.78 is 19.3. The van der Waals surface area contributed by atoms with E-state index in [4.69, 9.17) is 14.2 Å². The predicted octanol–water partition coefficient (Wildman–Crippen LogP) is 2.00. The standard InChI is InChI=1S/C14H25NO7/c1-13(2,3)21-11(17)15-9(10(16)19-7)8-20-12(18)22-14(4,5)6/h9H,8H2,1-7H3,(H,15,17). The number of methoxy groups -OCH3 is 1. The summed E-state index contributed by atoms with van der Waals surface area (Å²) in [5.41, 5.74) is -1.45. The highest BCUT2D eigenvalue weighted by Gasteiger charge is 2.27. The maximum Gasteiger partial charge on any atom is 0.508 e. The van der Waals surface area contributed by atoms with Crippen LogP contribution in [0.4, 0.5) is 9.59 Å². The fraction of sp³-hybridized carbons (Fsp3) is 0.786.